The molecule has 2 amide bonds. The van der Waals surface area contributed by atoms with Crippen molar-refractivity contribution in [2.45, 2.75) is 13.3 Å². The summed E-state index contributed by atoms with van der Waals surface area (Å²) in [5.41, 5.74) is 1.38. The second kappa shape index (κ2) is 8.56. The van der Waals surface area contributed by atoms with E-state index in [2.05, 4.69) is 5.32 Å². The fraction of sp³-hybridized carbons (Fsp3) is 0.286. The van der Waals surface area contributed by atoms with E-state index in [1.807, 2.05) is 0 Å². The highest BCUT2D eigenvalue weighted by Crippen LogP contribution is 2.28. The zero-order valence-corrected chi connectivity index (χ0v) is 15.8. The maximum absolute atomic E-state index is 12.7. The summed E-state index contributed by atoms with van der Waals surface area (Å²) in [6.07, 6.45) is 0.111. The van der Waals surface area contributed by atoms with Gasteiger partial charge in [0.1, 0.15) is 5.75 Å². The van der Waals surface area contributed by atoms with Crippen LogP contribution in [0.1, 0.15) is 23.7 Å². The lowest BCUT2D eigenvalue weighted by Gasteiger charge is -2.17. The Hall–Kier alpha value is -3.35. The molecule has 7 heteroatoms. The number of ether oxygens (including phenoxy) is 2. The normalized spacial score (nSPS) is 16.0. The first kappa shape index (κ1) is 19.4. The van der Waals surface area contributed by atoms with Gasteiger partial charge in [-0.25, -0.2) is 4.79 Å². The van der Waals surface area contributed by atoms with Crippen LogP contribution in [0.2, 0.25) is 0 Å². The van der Waals surface area contributed by atoms with Gasteiger partial charge in [-0.05, 0) is 43.3 Å². The highest BCUT2D eigenvalue weighted by Gasteiger charge is 2.35. The zero-order valence-electron chi connectivity index (χ0n) is 15.8. The Morgan fingerprint density at radius 2 is 1.86 bits per heavy atom. The molecule has 0 saturated carbocycles. The van der Waals surface area contributed by atoms with Crippen molar-refractivity contribution < 1.29 is 23.9 Å². The monoisotopic (exact) mass is 382 g/mol. The van der Waals surface area contributed by atoms with E-state index in [9.17, 15) is 14.4 Å². The summed E-state index contributed by atoms with van der Waals surface area (Å²) in [6.45, 7) is 2.24. The number of anilines is 2. The number of amides is 2. The van der Waals surface area contributed by atoms with E-state index < -0.39 is 11.9 Å². The molecular weight excluding hydrogens is 360 g/mol. The molecule has 146 valence electrons. The summed E-state index contributed by atoms with van der Waals surface area (Å²) >= 11 is 0. The average Bonchev–Trinajstić information content (AvgIpc) is 3.10. The molecule has 0 radical (unpaired) electrons. The number of benzene rings is 2. The highest BCUT2D eigenvalue weighted by molar-refractivity contribution is 6.06. The fourth-order valence-electron chi connectivity index (χ4n) is 3.11. The quantitative estimate of drug-likeness (QED) is 0.777. The molecule has 2 aromatic carbocycles. The predicted molar refractivity (Wildman–Crippen MR) is 104 cm³/mol. The van der Waals surface area contributed by atoms with Crippen molar-refractivity contribution in [1.29, 1.82) is 0 Å². The minimum Gasteiger partial charge on any atom is -0.497 e. The van der Waals surface area contributed by atoms with Crippen molar-refractivity contribution in [2.75, 3.05) is 30.5 Å². The number of esters is 1. The first-order chi connectivity index (χ1) is 13.5. The van der Waals surface area contributed by atoms with Gasteiger partial charge < -0.3 is 19.7 Å². The average molecular weight is 382 g/mol. The molecule has 0 bridgehead atoms. The van der Waals surface area contributed by atoms with Gasteiger partial charge in [-0.1, -0.05) is 12.1 Å². The molecule has 1 saturated heterocycles. The molecule has 1 aliphatic heterocycles. The summed E-state index contributed by atoms with van der Waals surface area (Å²) in [6, 6.07) is 13.8. The molecule has 1 N–H and O–H groups in total. The van der Waals surface area contributed by atoms with Gasteiger partial charge >= 0.3 is 5.97 Å². The lowest BCUT2D eigenvalue weighted by molar-refractivity contribution is -0.122. The van der Waals surface area contributed by atoms with Crippen molar-refractivity contribution in [2.24, 2.45) is 5.92 Å². The minimum absolute atomic E-state index is 0.111. The fourth-order valence-corrected chi connectivity index (χ4v) is 3.11. The summed E-state index contributed by atoms with van der Waals surface area (Å²) in [5.74, 6) is -0.740. The summed E-state index contributed by atoms with van der Waals surface area (Å²) < 4.78 is 10.2. The third-order valence-electron chi connectivity index (χ3n) is 4.56. The number of hydrogen-bond acceptors (Lipinski definition) is 5. The molecule has 0 aliphatic carbocycles. The van der Waals surface area contributed by atoms with E-state index in [1.54, 1.807) is 67.5 Å². The van der Waals surface area contributed by atoms with E-state index in [-0.39, 0.29) is 37.0 Å². The molecule has 2 aromatic rings. The standard InChI is InChI=1S/C21H22N2O5/c1-3-28-21(26)17-6-4-5-7-18(17)22-20(25)14-12-19(24)23(13-14)15-8-10-16(27-2)11-9-15/h4-11,14H,3,12-13H2,1-2H3,(H,22,25). The van der Waals surface area contributed by atoms with Crippen LogP contribution in [0.5, 0.6) is 5.75 Å². The van der Waals surface area contributed by atoms with Crippen molar-refractivity contribution in [3.05, 3.63) is 54.1 Å². The Kier molecular flexibility index (Phi) is 5.93. The van der Waals surface area contributed by atoms with E-state index in [0.717, 1.165) is 0 Å². The Bertz CT molecular complexity index is 879. The van der Waals surface area contributed by atoms with Crippen molar-refractivity contribution in [3.8, 4) is 5.75 Å². The second-order valence-electron chi connectivity index (χ2n) is 6.36. The van der Waals surface area contributed by atoms with E-state index in [1.165, 1.54) is 0 Å². The topological polar surface area (TPSA) is 84.9 Å². The van der Waals surface area contributed by atoms with Gasteiger partial charge in [0.05, 0.1) is 30.9 Å². The van der Waals surface area contributed by atoms with Gasteiger partial charge in [0.15, 0.2) is 0 Å². The molecule has 0 aromatic heterocycles. The molecule has 0 spiro atoms. The lowest BCUT2D eigenvalue weighted by atomic mass is 10.1. The predicted octanol–water partition coefficient (Wildman–Crippen LogP) is 2.86. The first-order valence-corrected chi connectivity index (χ1v) is 9.05. The molecule has 7 nitrogen and oxygen atoms in total. The molecular formula is C21H22N2O5. The summed E-state index contributed by atoms with van der Waals surface area (Å²) in [4.78, 5) is 38.8. The molecule has 1 atom stereocenters. The number of nitrogens with one attached hydrogen (secondary N) is 1. The second-order valence-corrected chi connectivity index (χ2v) is 6.36. The number of hydrogen-bond donors (Lipinski definition) is 1. The maximum atomic E-state index is 12.7. The number of para-hydroxylation sites is 1. The van der Waals surface area contributed by atoms with Crippen molar-refractivity contribution >= 4 is 29.2 Å². The third kappa shape index (κ3) is 4.14. The van der Waals surface area contributed by atoms with Gasteiger partial charge in [-0.3, -0.25) is 9.59 Å². The Morgan fingerprint density at radius 3 is 2.54 bits per heavy atom. The molecule has 28 heavy (non-hydrogen) atoms. The smallest absolute Gasteiger partial charge is 0.340 e. The van der Waals surface area contributed by atoms with Crippen LogP contribution >= 0.6 is 0 Å². The molecule has 1 unspecified atom stereocenters. The lowest BCUT2D eigenvalue weighted by Crippen LogP contribution is -2.28. The summed E-state index contributed by atoms with van der Waals surface area (Å²) in [7, 11) is 1.57. The van der Waals surface area contributed by atoms with Crippen molar-refractivity contribution in [3.63, 3.8) is 0 Å². The minimum atomic E-state index is -0.509. The number of methoxy groups -OCH3 is 1. The van der Waals surface area contributed by atoms with Crippen LogP contribution in [0.4, 0.5) is 11.4 Å². The van der Waals surface area contributed by atoms with Crippen molar-refractivity contribution in [1.82, 2.24) is 0 Å². The van der Waals surface area contributed by atoms with Crippen LogP contribution in [-0.2, 0) is 14.3 Å². The molecule has 1 fully saturated rings. The first-order valence-electron chi connectivity index (χ1n) is 9.05. The SMILES string of the molecule is CCOC(=O)c1ccccc1NC(=O)C1CC(=O)N(c2ccc(OC)cc2)C1. The number of carbonyl (C=O) groups is 3. The Morgan fingerprint density at radius 1 is 1.14 bits per heavy atom. The van der Waals surface area contributed by atoms with E-state index in [0.29, 0.717) is 17.1 Å². The van der Waals surface area contributed by atoms with Crippen LogP contribution < -0.4 is 15.0 Å². The van der Waals surface area contributed by atoms with Gasteiger partial charge in [0.25, 0.3) is 0 Å². The van der Waals surface area contributed by atoms with E-state index in [4.69, 9.17) is 9.47 Å². The van der Waals surface area contributed by atoms with Crippen LogP contribution in [-0.4, -0.2) is 38.0 Å². The van der Waals surface area contributed by atoms with Gasteiger partial charge in [-0.2, -0.15) is 0 Å². The van der Waals surface area contributed by atoms with Crippen LogP contribution in [0, 0.1) is 5.92 Å². The van der Waals surface area contributed by atoms with Gasteiger partial charge in [0.2, 0.25) is 11.8 Å². The number of nitrogens with zero attached hydrogens (tertiary/aromatic N) is 1. The molecule has 1 heterocycles. The van der Waals surface area contributed by atoms with Gasteiger partial charge in [-0.15, -0.1) is 0 Å². The van der Waals surface area contributed by atoms with Crippen LogP contribution in [0.3, 0.4) is 0 Å². The highest BCUT2D eigenvalue weighted by atomic mass is 16.5. The molecule has 1 aliphatic rings. The van der Waals surface area contributed by atoms with Crippen LogP contribution in [0.15, 0.2) is 48.5 Å². The third-order valence-corrected chi connectivity index (χ3v) is 4.56. The Balaban J connectivity index is 1.71. The number of carbonyl (C=O) groups excluding carboxylic acids is 3. The summed E-state index contributed by atoms with van der Waals surface area (Å²) in [5, 5.41) is 2.76. The zero-order chi connectivity index (χ0) is 20.1. The maximum Gasteiger partial charge on any atom is 0.340 e. The Labute approximate surface area is 163 Å². The number of rotatable bonds is 6. The molecule has 3 rings (SSSR count). The van der Waals surface area contributed by atoms with Crippen LogP contribution in [0.25, 0.3) is 0 Å². The van der Waals surface area contributed by atoms with E-state index >= 15 is 0 Å². The largest absolute Gasteiger partial charge is 0.497 e. The van der Waals surface area contributed by atoms with Gasteiger partial charge in [0, 0.05) is 18.7 Å².